The number of aromatic nitrogens is 2. The summed E-state index contributed by atoms with van der Waals surface area (Å²) in [6.45, 7) is 1.30. The molecule has 0 saturated carbocycles. The maximum atomic E-state index is 12.9. The number of nitrogens with one attached hydrogen (secondary N) is 2. The van der Waals surface area contributed by atoms with Crippen molar-refractivity contribution < 1.29 is 4.79 Å². The van der Waals surface area contributed by atoms with Crippen LogP contribution < -0.4 is 15.5 Å². The first-order valence-electron chi connectivity index (χ1n) is 8.98. The number of nitrogens with zero attached hydrogens (tertiary/aromatic N) is 4. The van der Waals surface area contributed by atoms with Crippen molar-refractivity contribution >= 4 is 23.2 Å². The zero-order valence-electron chi connectivity index (χ0n) is 15.1. The van der Waals surface area contributed by atoms with Gasteiger partial charge in [-0.3, -0.25) is 9.88 Å². The van der Waals surface area contributed by atoms with E-state index in [0.29, 0.717) is 29.3 Å². The highest BCUT2D eigenvalue weighted by molar-refractivity contribution is 6.03. The fourth-order valence-corrected chi connectivity index (χ4v) is 3.09. The molecule has 0 aliphatic carbocycles. The number of carbonyl (C=O) groups excluding carboxylic acids is 1. The van der Waals surface area contributed by atoms with E-state index in [9.17, 15) is 4.79 Å². The van der Waals surface area contributed by atoms with Crippen molar-refractivity contribution in [3.05, 3.63) is 66.5 Å². The third-order valence-corrected chi connectivity index (χ3v) is 4.45. The van der Waals surface area contributed by atoms with Crippen LogP contribution in [-0.4, -0.2) is 29.1 Å². The molecule has 7 heteroatoms. The average molecular weight is 370 g/mol. The molecule has 1 aliphatic heterocycles. The Hall–Kier alpha value is -3.92. The number of amides is 2. The van der Waals surface area contributed by atoms with Gasteiger partial charge in [-0.05, 0) is 42.8 Å². The first-order chi connectivity index (χ1) is 13.7. The highest BCUT2D eigenvalue weighted by Gasteiger charge is 2.23. The van der Waals surface area contributed by atoms with Crippen LogP contribution >= 0.6 is 0 Å². The van der Waals surface area contributed by atoms with Gasteiger partial charge in [0.25, 0.3) is 0 Å². The molecular weight excluding hydrogens is 352 g/mol. The first-order valence-corrected chi connectivity index (χ1v) is 8.98. The number of benzene rings is 1. The molecule has 3 heterocycles. The molecule has 2 amide bonds. The van der Waals surface area contributed by atoms with Crippen LogP contribution in [0.4, 0.5) is 22.0 Å². The van der Waals surface area contributed by atoms with Crippen LogP contribution in [0.1, 0.15) is 12.0 Å². The molecule has 1 aromatic carbocycles. The van der Waals surface area contributed by atoms with Gasteiger partial charge in [0.1, 0.15) is 0 Å². The molecule has 0 radical (unpaired) electrons. The first kappa shape index (κ1) is 17.5. The molecule has 0 unspecified atom stereocenters. The van der Waals surface area contributed by atoms with Gasteiger partial charge in [0.05, 0.1) is 34.9 Å². The molecule has 7 nitrogen and oxygen atoms in total. The van der Waals surface area contributed by atoms with E-state index in [-0.39, 0.29) is 6.03 Å². The Balaban J connectivity index is 1.69. The molecule has 138 valence electrons. The summed E-state index contributed by atoms with van der Waals surface area (Å²) in [5.74, 6) is 0.568. The van der Waals surface area contributed by atoms with E-state index in [2.05, 4.69) is 21.7 Å². The minimum Gasteiger partial charge on any atom is -0.382 e. The number of fused-ring (bicyclic) bond motifs is 1. The van der Waals surface area contributed by atoms with Crippen molar-refractivity contribution in [3.63, 3.8) is 0 Å². The Morgan fingerprint density at radius 2 is 2.14 bits per heavy atom. The van der Waals surface area contributed by atoms with Crippen LogP contribution in [0.3, 0.4) is 0 Å². The van der Waals surface area contributed by atoms with E-state index in [1.165, 1.54) is 0 Å². The lowest BCUT2D eigenvalue weighted by Gasteiger charge is -2.22. The quantitative estimate of drug-likeness (QED) is 0.714. The molecule has 0 atom stereocenters. The van der Waals surface area contributed by atoms with Gasteiger partial charge in [0.2, 0.25) is 0 Å². The van der Waals surface area contributed by atoms with Crippen molar-refractivity contribution in [3.8, 4) is 17.3 Å². The van der Waals surface area contributed by atoms with Gasteiger partial charge in [-0.15, -0.1) is 0 Å². The van der Waals surface area contributed by atoms with Crippen molar-refractivity contribution in [2.45, 2.75) is 6.42 Å². The number of carbonyl (C=O) groups is 1. The molecular formula is C21H18N6O. The highest BCUT2D eigenvalue weighted by atomic mass is 16.2. The van der Waals surface area contributed by atoms with Crippen molar-refractivity contribution in [1.29, 1.82) is 5.26 Å². The molecule has 4 rings (SSSR count). The van der Waals surface area contributed by atoms with E-state index in [1.807, 2.05) is 24.3 Å². The van der Waals surface area contributed by atoms with E-state index >= 15 is 0 Å². The van der Waals surface area contributed by atoms with Gasteiger partial charge in [0, 0.05) is 24.8 Å². The summed E-state index contributed by atoms with van der Waals surface area (Å²) in [6.07, 6.45) is 4.06. The minimum absolute atomic E-state index is 0.256. The lowest BCUT2D eigenvalue weighted by molar-refractivity contribution is 0.257. The normalized spacial score (nSPS) is 12.9. The zero-order chi connectivity index (χ0) is 19.3. The number of hydrogen-bond acceptors (Lipinski definition) is 5. The van der Waals surface area contributed by atoms with Crippen molar-refractivity contribution in [1.82, 2.24) is 9.97 Å². The highest BCUT2D eigenvalue weighted by Crippen LogP contribution is 2.30. The second-order valence-electron chi connectivity index (χ2n) is 6.36. The second kappa shape index (κ2) is 7.76. The standard InChI is InChI=1S/C21H18N6O/c22-13-15-4-1-5-16(12-15)18-7-8-19-20(26-18)27(11-3-10-24-19)21(28)25-17-6-2-9-23-14-17/h1-2,4-9,12,14,24H,3,10-11H2,(H,25,28). The van der Waals surface area contributed by atoms with Crippen LogP contribution in [0.15, 0.2) is 60.9 Å². The molecule has 0 fully saturated rings. The molecule has 0 bridgehead atoms. The van der Waals surface area contributed by atoms with Gasteiger partial charge in [0.15, 0.2) is 5.82 Å². The van der Waals surface area contributed by atoms with Crippen molar-refractivity contribution in [2.24, 2.45) is 0 Å². The smallest absolute Gasteiger partial charge is 0.327 e. The van der Waals surface area contributed by atoms with Crippen LogP contribution in [-0.2, 0) is 0 Å². The minimum atomic E-state index is -0.256. The molecule has 0 spiro atoms. The second-order valence-corrected chi connectivity index (χ2v) is 6.36. The number of nitriles is 1. The summed E-state index contributed by atoms with van der Waals surface area (Å²) in [7, 11) is 0. The molecule has 2 aromatic heterocycles. The molecule has 28 heavy (non-hydrogen) atoms. The van der Waals surface area contributed by atoms with Crippen LogP contribution in [0.5, 0.6) is 0 Å². The lowest BCUT2D eigenvalue weighted by atomic mass is 10.1. The Kier molecular flexibility index (Phi) is 4.85. The van der Waals surface area contributed by atoms with Crippen LogP contribution in [0.2, 0.25) is 0 Å². The van der Waals surface area contributed by atoms with Gasteiger partial charge in [-0.1, -0.05) is 12.1 Å². The summed E-state index contributed by atoms with van der Waals surface area (Å²) >= 11 is 0. The maximum absolute atomic E-state index is 12.9. The monoisotopic (exact) mass is 370 g/mol. The van der Waals surface area contributed by atoms with E-state index in [0.717, 1.165) is 24.2 Å². The fraction of sp³-hybridized carbons (Fsp3) is 0.143. The van der Waals surface area contributed by atoms with Gasteiger partial charge < -0.3 is 10.6 Å². The summed E-state index contributed by atoms with van der Waals surface area (Å²) < 4.78 is 0. The van der Waals surface area contributed by atoms with Crippen LogP contribution in [0.25, 0.3) is 11.3 Å². The third kappa shape index (κ3) is 3.62. The van der Waals surface area contributed by atoms with Gasteiger partial charge in [-0.2, -0.15) is 5.26 Å². The Morgan fingerprint density at radius 1 is 1.21 bits per heavy atom. The van der Waals surface area contributed by atoms with E-state index in [4.69, 9.17) is 10.2 Å². The van der Waals surface area contributed by atoms with Crippen molar-refractivity contribution in [2.75, 3.05) is 28.6 Å². The molecule has 2 N–H and O–H groups in total. The average Bonchev–Trinajstić information content (AvgIpc) is 2.96. The van der Waals surface area contributed by atoms with Gasteiger partial charge in [-0.25, -0.2) is 9.78 Å². The van der Waals surface area contributed by atoms with E-state index < -0.39 is 0 Å². The topological polar surface area (TPSA) is 93.9 Å². The number of anilines is 3. The molecule has 3 aromatic rings. The summed E-state index contributed by atoms with van der Waals surface area (Å²) in [5, 5.41) is 15.3. The third-order valence-electron chi connectivity index (χ3n) is 4.45. The predicted molar refractivity (Wildman–Crippen MR) is 108 cm³/mol. The Morgan fingerprint density at radius 3 is 2.96 bits per heavy atom. The summed E-state index contributed by atoms with van der Waals surface area (Å²) in [5.41, 5.74) is 3.54. The predicted octanol–water partition coefficient (Wildman–Crippen LogP) is 3.87. The van der Waals surface area contributed by atoms with E-state index in [1.54, 1.807) is 41.6 Å². The number of hydrogen-bond donors (Lipinski definition) is 2. The maximum Gasteiger partial charge on any atom is 0.327 e. The van der Waals surface area contributed by atoms with Gasteiger partial charge >= 0.3 is 6.03 Å². The number of rotatable bonds is 2. The molecule has 0 saturated heterocycles. The lowest BCUT2D eigenvalue weighted by Crippen LogP contribution is -2.36. The largest absolute Gasteiger partial charge is 0.382 e. The molecule has 1 aliphatic rings. The fourth-order valence-electron chi connectivity index (χ4n) is 3.09. The van der Waals surface area contributed by atoms with Crippen LogP contribution in [0, 0.1) is 11.3 Å². The Bertz CT molecular complexity index is 1040. The summed E-state index contributed by atoms with van der Waals surface area (Å²) in [6, 6.07) is 16.5. The Labute approximate surface area is 162 Å². The number of urea groups is 1. The number of pyridine rings is 2. The SMILES string of the molecule is N#Cc1cccc(-c2ccc3c(n2)N(C(=O)Nc2cccnc2)CCCN3)c1. The zero-order valence-corrected chi connectivity index (χ0v) is 15.1. The summed E-state index contributed by atoms with van der Waals surface area (Å²) in [4.78, 5) is 23.3.